The average Bonchev–Trinajstić information content (AvgIpc) is 2.79. The molecule has 0 spiro atoms. The summed E-state index contributed by atoms with van der Waals surface area (Å²) in [4.78, 5) is 35.1. The number of unbranched alkanes of at least 4 members (excludes halogenated alkanes) is 1. The molecule has 0 saturated heterocycles. The van der Waals surface area contributed by atoms with E-state index in [0.29, 0.717) is 26.0 Å². The maximum absolute atomic E-state index is 12.0. The van der Waals surface area contributed by atoms with Crippen LogP contribution in [-0.2, 0) is 37.1 Å². The van der Waals surface area contributed by atoms with Gasteiger partial charge in [0.1, 0.15) is 19.3 Å². The zero-order chi connectivity index (χ0) is 23.0. The van der Waals surface area contributed by atoms with Gasteiger partial charge in [-0.3, -0.25) is 9.59 Å². The summed E-state index contributed by atoms with van der Waals surface area (Å²) in [6.07, 6.45) is 1.39. The van der Waals surface area contributed by atoms with Crippen LogP contribution in [0, 0.1) is 0 Å². The lowest BCUT2D eigenvalue weighted by atomic mass is 10.1. The molecule has 8 heteroatoms. The number of rotatable bonds is 15. The van der Waals surface area contributed by atoms with Crippen LogP contribution in [0.1, 0.15) is 30.4 Å². The smallest absolute Gasteiger partial charge is 0.326 e. The number of aliphatic carboxylic acids is 1. The summed E-state index contributed by atoms with van der Waals surface area (Å²) < 4.78 is 10.7. The lowest BCUT2D eigenvalue weighted by molar-refractivity contribution is -0.142. The van der Waals surface area contributed by atoms with Crippen LogP contribution in [0.3, 0.4) is 0 Å². The van der Waals surface area contributed by atoms with Crippen LogP contribution < -0.4 is 10.6 Å². The Morgan fingerprint density at radius 3 is 1.84 bits per heavy atom. The van der Waals surface area contributed by atoms with Crippen LogP contribution in [0.25, 0.3) is 0 Å². The van der Waals surface area contributed by atoms with Gasteiger partial charge in [-0.1, -0.05) is 60.7 Å². The lowest BCUT2D eigenvalue weighted by Gasteiger charge is -2.15. The van der Waals surface area contributed by atoms with Gasteiger partial charge in [-0.15, -0.1) is 0 Å². The highest BCUT2D eigenvalue weighted by Crippen LogP contribution is 2.03. The molecular formula is C24H30N2O6. The zero-order valence-corrected chi connectivity index (χ0v) is 18.0. The molecule has 2 aromatic rings. The van der Waals surface area contributed by atoms with E-state index in [1.54, 1.807) is 0 Å². The fourth-order valence-electron chi connectivity index (χ4n) is 2.92. The monoisotopic (exact) mass is 442 g/mol. The van der Waals surface area contributed by atoms with E-state index in [0.717, 1.165) is 11.1 Å². The number of benzene rings is 2. The van der Waals surface area contributed by atoms with Crippen molar-refractivity contribution in [3.05, 3.63) is 71.8 Å². The Hall–Kier alpha value is -3.23. The minimum atomic E-state index is -1.10. The van der Waals surface area contributed by atoms with E-state index in [9.17, 15) is 19.5 Å². The molecule has 0 saturated carbocycles. The number of carboxylic acid groups (broad SMARTS) is 1. The van der Waals surface area contributed by atoms with Crippen molar-refractivity contribution < 1.29 is 29.0 Å². The fourth-order valence-corrected chi connectivity index (χ4v) is 2.92. The highest BCUT2D eigenvalue weighted by atomic mass is 16.5. The van der Waals surface area contributed by atoms with E-state index in [1.807, 2.05) is 60.7 Å². The second-order valence-corrected chi connectivity index (χ2v) is 7.26. The molecule has 2 amide bonds. The first-order valence-electron chi connectivity index (χ1n) is 10.6. The number of carbonyl (C=O) groups excluding carboxylic acids is 2. The van der Waals surface area contributed by atoms with Gasteiger partial charge in [-0.2, -0.15) is 0 Å². The van der Waals surface area contributed by atoms with Crippen molar-refractivity contribution in [2.24, 2.45) is 0 Å². The highest BCUT2D eigenvalue weighted by Gasteiger charge is 2.19. The van der Waals surface area contributed by atoms with Gasteiger partial charge in [0.2, 0.25) is 11.8 Å². The van der Waals surface area contributed by atoms with E-state index in [4.69, 9.17) is 9.47 Å². The maximum atomic E-state index is 12.0. The van der Waals surface area contributed by atoms with Crippen LogP contribution in [0.15, 0.2) is 60.7 Å². The van der Waals surface area contributed by atoms with E-state index in [2.05, 4.69) is 10.6 Å². The van der Waals surface area contributed by atoms with Crippen molar-refractivity contribution >= 4 is 17.8 Å². The van der Waals surface area contributed by atoms with Crippen LogP contribution in [-0.4, -0.2) is 48.7 Å². The van der Waals surface area contributed by atoms with E-state index in [-0.39, 0.29) is 32.1 Å². The summed E-state index contributed by atoms with van der Waals surface area (Å²) in [5.41, 5.74) is 1.93. The van der Waals surface area contributed by atoms with Gasteiger partial charge >= 0.3 is 5.97 Å². The maximum Gasteiger partial charge on any atom is 0.326 e. The molecule has 3 N–H and O–H groups in total. The molecule has 1 atom stereocenters. The third kappa shape index (κ3) is 10.7. The largest absolute Gasteiger partial charge is 0.480 e. The van der Waals surface area contributed by atoms with Gasteiger partial charge in [0.25, 0.3) is 0 Å². The molecule has 0 unspecified atom stereocenters. The molecule has 8 nitrogen and oxygen atoms in total. The van der Waals surface area contributed by atoms with Gasteiger partial charge in [-0.05, 0) is 30.4 Å². The molecule has 32 heavy (non-hydrogen) atoms. The minimum Gasteiger partial charge on any atom is -0.480 e. The molecule has 0 bridgehead atoms. The lowest BCUT2D eigenvalue weighted by Crippen LogP contribution is -2.42. The molecule has 172 valence electrons. The molecule has 2 rings (SSSR count). The Morgan fingerprint density at radius 1 is 0.781 bits per heavy atom. The zero-order valence-electron chi connectivity index (χ0n) is 18.0. The number of hydrogen-bond donors (Lipinski definition) is 3. The average molecular weight is 443 g/mol. The SMILES string of the molecule is O=C(COCc1ccccc1)NCCCC[C@H](NC(=O)COCc1ccccc1)C(=O)O. The summed E-state index contributed by atoms with van der Waals surface area (Å²) in [7, 11) is 0. The summed E-state index contributed by atoms with van der Waals surface area (Å²) in [6.45, 7) is 0.807. The third-order valence-corrected chi connectivity index (χ3v) is 4.56. The number of amides is 2. The van der Waals surface area contributed by atoms with E-state index >= 15 is 0 Å². The second kappa shape index (κ2) is 14.7. The first-order chi connectivity index (χ1) is 15.5. The molecule has 0 aliphatic heterocycles. The Kier molecular flexibility index (Phi) is 11.5. The fraction of sp³-hybridized carbons (Fsp3) is 0.375. The van der Waals surface area contributed by atoms with Crippen molar-refractivity contribution in [3.8, 4) is 0 Å². The molecule has 0 fully saturated rings. The van der Waals surface area contributed by atoms with Gasteiger partial charge in [0.05, 0.1) is 13.2 Å². The number of hydrogen-bond acceptors (Lipinski definition) is 5. The highest BCUT2D eigenvalue weighted by molar-refractivity contribution is 5.84. The Morgan fingerprint density at radius 2 is 1.31 bits per heavy atom. The summed E-state index contributed by atoms with van der Waals surface area (Å²) >= 11 is 0. The molecule has 0 aromatic heterocycles. The Bertz CT molecular complexity index is 829. The molecule has 2 aromatic carbocycles. The molecule has 0 heterocycles. The molecule has 0 radical (unpaired) electrons. The molecule has 0 aliphatic rings. The number of nitrogens with one attached hydrogen (secondary N) is 2. The van der Waals surface area contributed by atoms with Crippen molar-refractivity contribution in [2.45, 2.75) is 38.5 Å². The Labute approximate surface area is 187 Å². The van der Waals surface area contributed by atoms with Gasteiger partial charge in [-0.25, -0.2) is 4.79 Å². The quantitative estimate of drug-likeness (QED) is 0.365. The van der Waals surface area contributed by atoms with Gasteiger partial charge in [0.15, 0.2) is 0 Å². The van der Waals surface area contributed by atoms with Crippen LogP contribution in [0.2, 0.25) is 0 Å². The molecular weight excluding hydrogens is 412 g/mol. The number of carbonyl (C=O) groups is 3. The first-order valence-corrected chi connectivity index (χ1v) is 10.6. The van der Waals surface area contributed by atoms with E-state index in [1.165, 1.54) is 0 Å². The van der Waals surface area contributed by atoms with Crippen LogP contribution in [0.5, 0.6) is 0 Å². The predicted octanol–water partition coefficient (Wildman–Crippen LogP) is 2.28. The second-order valence-electron chi connectivity index (χ2n) is 7.26. The van der Waals surface area contributed by atoms with Crippen LogP contribution >= 0.6 is 0 Å². The van der Waals surface area contributed by atoms with Gasteiger partial charge in [0, 0.05) is 6.54 Å². The van der Waals surface area contributed by atoms with Crippen molar-refractivity contribution in [1.29, 1.82) is 0 Å². The van der Waals surface area contributed by atoms with Crippen molar-refractivity contribution in [3.63, 3.8) is 0 Å². The Balaban J connectivity index is 1.54. The summed E-state index contributed by atoms with van der Waals surface area (Å²) in [6, 6.07) is 18.0. The predicted molar refractivity (Wildman–Crippen MR) is 119 cm³/mol. The standard InChI is InChI=1S/C24H30N2O6/c27-22(17-31-15-19-9-3-1-4-10-19)25-14-8-7-13-21(24(29)30)26-23(28)18-32-16-20-11-5-2-6-12-20/h1-6,9-12,21H,7-8,13-18H2,(H,25,27)(H,26,28)(H,29,30)/t21-/m0/s1. The van der Waals surface area contributed by atoms with E-state index < -0.39 is 17.9 Å². The van der Waals surface area contributed by atoms with Crippen LogP contribution in [0.4, 0.5) is 0 Å². The normalized spacial score (nSPS) is 11.5. The van der Waals surface area contributed by atoms with Crippen molar-refractivity contribution in [2.75, 3.05) is 19.8 Å². The summed E-state index contributed by atoms with van der Waals surface area (Å²) in [5, 5.41) is 14.5. The first kappa shape index (κ1) is 25.0. The third-order valence-electron chi connectivity index (χ3n) is 4.56. The minimum absolute atomic E-state index is 0.0360. The number of ether oxygens (including phenoxy) is 2. The summed E-state index contributed by atoms with van der Waals surface area (Å²) in [5.74, 6) is -1.79. The number of carboxylic acids is 1. The van der Waals surface area contributed by atoms with Crippen molar-refractivity contribution in [1.82, 2.24) is 10.6 Å². The topological polar surface area (TPSA) is 114 Å². The molecule has 0 aliphatic carbocycles. The van der Waals surface area contributed by atoms with Gasteiger partial charge < -0.3 is 25.2 Å².